The normalized spacial score (nSPS) is 14.2. The van der Waals surface area contributed by atoms with Gasteiger partial charge in [-0.3, -0.25) is 29.4 Å². The van der Waals surface area contributed by atoms with E-state index in [1.54, 1.807) is 30.3 Å². The lowest BCUT2D eigenvalue weighted by Crippen LogP contribution is -2.27. The summed E-state index contributed by atoms with van der Waals surface area (Å²) in [6.45, 7) is 1.46. The number of thioether (sulfide) groups is 1. The van der Waals surface area contributed by atoms with E-state index in [1.807, 2.05) is 25.1 Å². The summed E-state index contributed by atoms with van der Waals surface area (Å²) in [4.78, 5) is 49.3. The lowest BCUT2D eigenvalue weighted by atomic mass is 10.1. The molecule has 0 bridgehead atoms. The number of benzene rings is 3. The molecule has 0 saturated carbocycles. The molecule has 37 heavy (non-hydrogen) atoms. The number of hydrogen-bond acceptors (Lipinski definition) is 7. The van der Waals surface area contributed by atoms with E-state index in [0.717, 1.165) is 22.2 Å². The quantitative estimate of drug-likeness (QED) is 0.219. The van der Waals surface area contributed by atoms with E-state index in [1.165, 1.54) is 24.3 Å². The number of para-hydroxylation sites is 1. The molecule has 3 amide bonds. The molecule has 0 unspecified atom stereocenters. The zero-order valence-electron chi connectivity index (χ0n) is 19.5. The van der Waals surface area contributed by atoms with Gasteiger partial charge in [0.15, 0.2) is 6.61 Å². The number of hydrogen-bond donors (Lipinski definition) is 1. The predicted octanol–water partition coefficient (Wildman–Crippen LogP) is 5.81. The average molecular weight is 538 g/mol. The van der Waals surface area contributed by atoms with E-state index in [0.29, 0.717) is 11.3 Å². The fraction of sp³-hybridized carbons (Fsp3) is 0.115. The Bertz CT molecular complexity index is 1440. The number of rotatable bonds is 8. The molecule has 4 rings (SSSR count). The fourth-order valence-electron chi connectivity index (χ4n) is 3.57. The number of carbonyl (C=O) groups is 3. The molecule has 9 nitrogen and oxygen atoms in total. The molecule has 0 spiro atoms. The molecule has 1 aliphatic rings. The summed E-state index contributed by atoms with van der Waals surface area (Å²) < 4.78 is 5.52. The molecule has 0 radical (unpaired) electrons. The number of halogens is 1. The Kier molecular flexibility index (Phi) is 7.90. The molecule has 1 saturated heterocycles. The van der Waals surface area contributed by atoms with Gasteiger partial charge in [-0.2, -0.15) is 0 Å². The van der Waals surface area contributed by atoms with Gasteiger partial charge in [0.05, 0.1) is 21.4 Å². The zero-order valence-corrected chi connectivity index (χ0v) is 21.0. The maximum atomic E-state index is 12.9. The number of amides is 3. The van der Waals surface area contributed by atoms with E-state index in [2.05, 4.69) is 5.32 Å². The summed E-state index contributed by atoms with van der Waals surface area (Å²) >= 11 is 7.05. The lowest BCUT2D eigenvalue weighted by molar-refractivity contribution is -0.385. The molecular weight excluding hydrogens is 518 g/mol. The van der Waals surface area contributed by atoms with Crippen LogP contribution in [0.1, 0.15) is 16.7 Å². The van der Waals surface area contributed by atoms with Crippen molar-refractivity contribution in [3.8, 4) is 5.75 Å². The van der Waals surface area contributed by atoms with E-state index in [9.17, 15) is 24.5 Å². The SMILES string of the molecule is Cc1cccc(NC(=O)COc2ccc(/C=C3\SC(=O)N(Cc4ccccc4[N+](=O)[O-])C3=O)cc2Cl)c1. The maximum absolute atomic E-state index is 12.9. The molecule has 3 aromatic rings. The van der Waals surface area contributed by atoms with Crippen LogP contribution in [0.4, 0.5) is 16.2 Å². The number of imide groups is 1. The van der Waals surface area contributed by atoms with Crippen LogP contribution in [0.3, 0.4) is 0 Å². The second-order valence-corrected chi connectivity index (χ2v) is 9.45. The molecule has 188 valence electrons. The summed E-state index contributed by atoms with van der Waals surface area (Å²) in [5.74, 6) is -0.627. The fourth-order valence-corrected chi connectivity index (χ4v) is 4.65. The van der Waals surface area contributed by atoms with Crippen molar-refractivity contribution in [3.63, 3.8) is 0 Å². The minimum absolute atomic E-state index is 0.158. The first kappa shape index (κ1) is 25.9. The van der Waals surface area contributed by atoms with Crippen LogP contribution in [0.25, 0.3) is 6.08 Å². The number of nitro groups is 1. The summed E-state index contributed by atoms with van der Waals surface area (Å²) in [5, 5.41) is 13.7. The second kappa shape index (κ2) is 11.3. The number of nitrogens with one attached hydrogen (secondary N) is 1. The summed E-state index contributed by atoms with van der Waals surface area (Å²) in [6.07, 6.45) is 1.50. The molecule has 1 fully saturated rings. The molecule has 1 heterocycles. The Labute approximate surface area is 221 Å². The summed E-state index contributed by atoms with van der Waals surface area (Å²) in [5.41, 5.74) is 2.30. The number of aryl methyl sites for hydroxylation is 1. The molecule has 3 aromatic carbocycles. The third-order valence-electron chi connectivity index (χ3n) is 5.30. The van der Waals surface area contributed by atoms with E-state index >= 15 is 0 Å². The van der Waals surface area contributed by atoms with Crippen molar-refractivity contribution in [2.45, 2.75) is 13.5 Å². The second-order valence-electron chi connectivity index (χ2n) is 8.05. The third kappa shape index (κ3) is 6.35. The monoisotopic (exact) mass is 537 g/mol. The first-order valence-electron chi connectivity index (χ1n) is 11.0. The van der Waals surface area contributed by atoms with Crippen molar-refractivity contribution in [1.82, 2.24) is 4.90 Å². The van der Waals surface area contributed by atoms with Gasteiger partial charge in [-0.25, -0.2) is 0 Å². The maximum Gasteiger partial charge on any atom is 0.293 e. The van der Waals surface area contributed by atoms with Gasteiger partial charge in [-0.15, -0.1) is 0 Å². The molecule has 0 aliphatic carbocycles. The summed E-state index contributed by atoms with van der Waals surface area (Å²) in [7, 11) is 0. The highest BCUT2D eigenvalue weighted by molar-refractivity contribution is 8.18. The third-order valence-corrected chi connectivity index (χ3v) is 6.51. The van der Waals surface area contributed by atoms with Crippen LogP contribution in [-0.2, 0) is 16.1 Å². The Morgan fingerprint density at radius 3 is 2.65 bits per heavy atom. The van der Waals surface area contributed by atoms with Crippen molar-refractivity contribution in [2.75, 3.05) is 11.9 Å². The number of nitro benzene ring substituents is 1. The molecule has 1 aliphatic heterocycles. The van der Waals surface area contributed by atoms with Crippen molar-refractivity contribution >= 4 is 57.9 Å². The van der Waals surface area contributed by atoms with Gasteiger partial charge in [0.25, 0.3) is 22.7 Å². The van der Waals surface area contributed by atoms with Gasteiger partial charge in [0.1, 0.15) is 5.75 Å². The first-order chi connectivity index (χ1) is 17.7. The number of nitrogens with zero attached hydrogens (tertiary/aromatic N) is 2. The van der Waals surface area contributed by atoms with Gasteiger partial charge in [0, 0.05) is 17.3 Å². The number of anilines is 1. The number of ether oxygens (including phenoxy) is 1. The highest BCUT2D eigenvalue weighted by atomic mass is 35.5. The highest BCUT2D eigenvalue weighted by Crippen LogP contribution is 2.35. The zero-order chi connectivity index (χ0) is 26.5. The molecule has 11 heteroatoms. The standard InChI is InChI=1S/C26H20ClN3O6S/c1-16-5-4-7-19(11-16)28-24(31)15-36-22-10-9-17(12-20(22)27)13-23-25(32)29(26(33)37-23)14-18-6-2-3-8-21(18)30(34)35/h2-13H,14-15H2,1H3,(H,28,31)/b23-13-. The van der Waals surface area contributed by atoms with Crippen LogP contribution in [-0.4, -0.2) is 33.5 Å². The average Bonchev–Trinajstić information content (AvgIpc) is 3.11. The molecule has 1 N–H and O–H groups in total. The van der Waals surface area contributed by atoms with Crippen molar-refractivity contribution in [1.29, 1.82) is 0 Å². The van der Waals surface area contributed by atoms with Gasteiger partial charge in [-0.1, -0.05) is 48.0 Å². The Hall–Kier alpha value is -4.15. The van der Waals surface area contributed by atoms with Gasteiger partial charge >= 0.3 is 0 Å². The lowest BCUT2D eigenvalue weighted by Gasteiger charge is -2.12. The van der Waals surface area contributed by atoms with Crippen molar-refractivity contribution in [2.24, 2.45) is 0 Å². The summed E-state index contributed by atoms with van der Waals surface area (Å²) in [6, 6.07) is 18.1. The predicted molar refractivity (Wildman–Crippen MR) is 141 cm³/mol. The highest BCUT2D eigenvalue weighted by Gasteiger charge is 2.36. The van der Waals surface area contributed by atoms with Gasteiger partial charge in [0.2, 0.25) is 0 Å². The smallest absolute Gasteiger partial charge is 0.293 e. The van der Waals surface area contributed by atoms with Crippen LogP contribution in [0.15, 0.2) is 71.6 Å². The topological polar surface area (TPSA) is 119 Å². The minimum atomic E-state index is -0.558. The van der Waals surface area contributed by atoms with E-state index in [-0.39, 0.29) is 46.0 Å². The van der Waals surface area contributed by atoms with Crippen LogP contribution >= 0.6 is 23.4 Å². The van der Waals surface area contributed by atoms with E-state index < -0.39 is 16.1 Å². The van der Waals surface area contributed by atoms with Crippen molar-refractivity contribution in [3.05, 3.63) is 103 Å². The van der Waals surface area contributed by atoms with Crippen LogP contribution in [0.2, 0.25) is 5.02 Å². The number of carbonyl (C=O) groups excluding carboxylic acids is 3. The van der Waals surface area contributed by atoms with E-state index in [4.69, 9.17) is 16.3 Å². The Balaban J connectivity index is 1.41. The van der Waals surface area contributed by atoms with Crippen LogP contribution < -0.4 is 10.1 Å². The van der Waals surface area contributed by atoms with Crippen LogP contribution in [0.5, 0.6) is 5.75 Å². The van der Waals surface area contributed by atoms with Crippen LogP contribution in [0, 0.1) is 17.0 Å². The largest absolute Gasteiger partial charge is 0.482 e. The minimum Gasteiger partial charge on any atom is -0.482 e. The first-order valence-corrected chi connectivity index (χ1v) is 12.2. The van der Waals surface area contributed by atoms with Gasteiger partial charge < -0.3 is 10.1 Å². The Morgan fingerprint density at radius 2 is 1.92 bits per heavy atom. The Morgan fingerprint density at radius 1 is 1.14 bits per heavy atom. The molecule has 0 aromatic heterocycles. The van der Waals surface area contributed by atoms with Gasteiger partial charge in [-0.05, 0) is 60.2 Å². The van der Waals surface area contributed by atoms with Crippen molar-refractivity contribution < 1.29 is 24.0 Å². The molecule has 0 atom stereocenters. The molecular formula is C26H20ClN3O6S.